The quantitative estimate of drug-likeness (QED) is 0.757. The number of halogens is 1. The maximum absolute atomic E-state index is 12.1. The molecule has 122 valence electrons. The second-order valence-electron chi connectivity index (χ2n) is 5.76. The molecular weight excluding hydrogens is 302 g/mol. The van der Waals surface area contributed by atoms with Gasteiger partial charge in [-0.1, -0.05) is 30.3 Å². The van der Waals surface area contributed by atoms with Crippen LogP contribution < -0.4 is 16.8 Å². The molecule has 2 amide bonds. The minimum Gasteiger partial charge on any atom is -0.369 e. The zero-order chi connectivity index (χ0) is 15.2. The van der Waals surface area contributed by atoms with Gasteiger partial charge in [0.25, 0.3) is 0 Å². The average Bonchev–Trinajstić information content (AvgIpc) is 2.48. The molecule has 0 saturated heterocycles. The van der Waals surface area contributed by atoms with E-state index in [1.165, 1.54) is 0 Å². The van der Waals surface area contributed by atoms with Crippen LogP contribution in [0.2, 0.25) is 0 Å². The summed E-state index contributed by atoms with van der Waals surface area (Å²) in [4.78, 5) is 23.2. The minimum atomic E-state index is -0.540. The Labute approximate surface area is 137 Å². The summed E-state index contributed by atoms with van der Waals surface area (Å²) in [5.74, 6) is -0.405. The van der Waals surface area contributed by atoms with Crippen LogP contribution >= 0.6 is 12.4 Å². The van der Waals surface area contributed by atoms with Crippen molar-refractivity contribution in [2.24, 2.45) is 17.4 Å². The lowest BCUT2D eigenvalue weighted by Crippen LogP contribution is -2.47. The van der Waals surface area contributed by atoms with Crippen LogP contribution in [0.5, 0.6) is 0 Å². The van der Waals surface area contributed by atoms with Crippen molar-refractivity contribution in [2.75, 3.05) is 0 Å². The lowest BCUT2D eigenvalue weighted by molar-refractivity contribution is -0.123. The van der Waals surface area contributed by atoms with Crippen molar-refractivity contribution in [3.63, 3.8) is 0 Å². The van der Waals surface area contributed by atoms with Crippen molar-refractivity contribution < 1.29 is 9.59 Å². The van der Waals surface area contributed by atoms with Gasteiger partial charge < -0.3 is 16.8 Å². The Morgan fingerprint density at radius 3 is 2.27 bits per heavy atom. The van der Waals surface area contributed by atoms with E-state index in [4.69, 9.17) is 11.5 Å². The number of nitrogens with two attached hydrogens (primary N) is 2. The third-order valence-electron chi connectivity index (χ3n) is 4.11. The number of hydrogen-bond donors (Lipinski definition) is 3. The molecule has 1 saturated carbocycles. The molecule has 5 N–H and O–H groups in total. The zero-order valence-electron chi connectivity index (χ0n) is 12.5. The number of carbonyl (C=O) groups is 2. The molecule has 5 nitrogen and oxygen atoms in total. The number of hydrogen-bond acceptors (Lipinski definition) is 3. The Hall–Kier alpha value is -1.59. The Balaban J connectivity index is 0.00000242. The highest BCUT2D eigenvalue weighted by atomic mass is 35.5. The van der Waals surface area contributed by atoms with Crippen LogP contribution in [0.15, 0.2) is 30.3 Å². The van der Waals surface area contributed by atoms with Gasteiger partial charge in [0.1, 0.15) is 0 Å². The molecule has 1 aliphatic carbocycles. The zero-order valence-corrected chi connectivity index (χ0v) is 13.4. The smallest absolute Gasteiger partial charge is 0.237 e. The minimum absolute atomic E-state index is 0. The van der Waals surface area contributed by atoms with Crippen molar-refractivity contribution in [1.29, 1.82) is 0 Å². The molecule has 0 spiro atoms. The van der Waals surface area contributed by atoms with Gasteiger partial charge in [-0.05, 0) is 37.7 Å². The van der Waals surface area contributed by atoms with E-state index in [0.717, 1.165) is 31.2 Å². The van der Waals surface area contributed by atoms with E-state index in [1.807, 2.05) is 30.3 Å². The Morgan fingerprint density at radius 2 is 1.73 bits per heavy atom. The van der Waals surface area contributed by atoms with Crippen molar-refractivity contribution in [3.8, 4) is 0 Å². The first-order valence-electron chi connectivity index (χ1n) is 7.45. The van der Waals surface area contributed by atoms with Crippen molar-refractivity contribution in [3.05, 3.63) is 35.9 Å². The predicted octanol–water partition coefficient (Wildman–Crippen LogP) is 1.14. The van der Waals surface area contributed by atoms with Crippen LogP contribution in [0.4, 0.5) is 0 Å². The average molecular weight is 326 g/mol. The predicted molar refractivity (Wildman–Crippen MR) is 88.5 cm³/mol. The highest BCUT2D eigenvalue weighted by molar-refractivity contribution is 5.85. The standard InChI is InChI=1S/C16H23N3O2.ClH/c17-14(10-11-4-2-1-3-5-11)16(21)19-13-8-6-12(7-9-13)15(18)20;/h1-5,12-14H,6-10,17H2,(H2,18,20)(H,19,21);1H/t12?,13?,14-;/m0./s1. The summed E-state index contributed by atoms with van der Waals surface area (Å²) in [6.07, 6.45) is 3.60. The number of rotatable bonds is 5. The lowest BCUT2D eigenvalue weighted by Gasteiger charge is -2.28. The molecule has 1 aromatic rings. The third-order valence-corrected chi connectivity index (χ3v) is 4.11. The molecule has 1 aliphatic rings. The van der Waals surface area contributed by atoms with Gasteiger partial charge in [0.05, 0.1) is 6.04 Å². The molecule has 0 aromatic heterocycles. The molecule has 1 aromatic carbocycles. The molecule has 1 fully saturated rings. The largest absolute Gasteiger partial charge is 0.369 e. The Morgan fingerprint density at radius 1 is 1.14 bits per heavy atom. The first-order chi connectivity index (χ1) is 10.1. The van der Waals surface area contributed by atoms with Crippen molar-refractivity contribution >= 4 is 24.2 Å². The summed E-state index contributed by atoms with van der Waals surface area (Å²) < 4.78 is 0. The van der Waals surface area contributed by atoms with E-state index in [-0.39, 0.29) is 36.2 Å². The van der Waals surface area contributed by atoms with Gasteiger partial charge in [-0.2, -0.15) is 0 Å². The van der Waals surface area contributed by atoms with Gasteiger partial charge >= 0.3 is 0 Å². The normalized spacial score (nSPS) is 22.2. The molecule has 6 heteroatoms. The fraction of sp³-hybridized carbons (Fsp3) is 0.500. The maximum Gasteiger partial charge on any atom is 0.237 e. The third kappa shape index (κ3) is 5.31. The monoisotopic (exact) mass is 325 g/mol. The molecule has 1 atom stereocenters. The van der Waals surface area contributed by atoms with Gasteiger partial charge in [-0.25, -0.2) is 0 Å². The summed E-state index contributed by atoms with van der Waals surface area (Å²) in [5, 5.41) is 2.98. The molecule has 0 bridgehead atoms. The lowest BCUT2D eigenvalue weighted by atomic mass is 9.85. The summed E-state index contributed by atoms with van der Waals surface area (Å²) >= 11 is 0. The molecule has 0 radical (unpaired) electrons. The number of amides is 2. The van der Waals surface area contributed by atoms with Crippen molar-refractivity contribution in [2.45, 2.75) is 44.2 Å². The summed E-state index contributed by atoms with van der Waals surface area (Å²) in [7, 11) is 0. The maximum atomic E-state index is 12.1. The van der Waals surface area contributed by atoms with Gasteiger partial charge in [-0.15, -0.1) is 12.4 Å². The van der Waals surface area contributed by atoms with E-state index in [9.17, 15) is 9.59 Å². The van der Waals surface area contributed by atoms with Gasteiger partial charge in [0.15, 0.2) is 0 Å². The fourth-order valence-electron chi connectivity index (χ4n) is 2.79. The first kappa shape index (κ1) is 18.5. The van der Waals surface area contributed by atoms with Gasteiger partial charge in [-0.3, -0.25) is 9.59 Å². The van der Waals surface area contributed by atoms with E-state index >= 15 is 0 Å². The molecule has 2 rings (SSSR count). The molecule has 0 unspecified atom stereocenters. The first-order valence-corrected chi connectivity index (χ1v) is 7.45. The number of primary amides is 1. The highest BCUT2D eigenvalue weighted by Gasteiger charge is 2.26. The second-order valence-corrected chi connectivity index (χ2v) is 5.76. The summed E-state index contributed by atoms with van der Waals surface area (Å²) in [6.45, 7) is 0. The molecule has 0 heterocycles. The van der Waals surface area contributed by atoms with Crippen molar-refractivity contribution in [1.82, 2.24) is 5.32 Å². The second kappa shape index (κ2) is 8.76. The Kier molecular flexibility index (Phi) is 7.35. The van der Waals surface area contributed by atoms with Crippen LogP contribution in [0.3, 0.4) is 0 Å². The number of carbonyl (C=O) groups excluding carboxylic acids is 2. The van der Waals surface area contributed by atoms with Crippen LogP contribution in [-0.2, 0) is 16.0 Å². The van der Waals surface area contributed by atoms with E-state index in [1.54, 1.807) is 0 Å². The molecular formula is C16H24ClN3O2. The topological polar surface area (TPSA) is 98.2 Å². The van der Waals surface area contributed by atoms with E-state index in [2.05, 4.69) is 5.32 Å². The van der Waals surface area contributed by atoms with Gasteiger partial charge in [0.2, 0.25) is 11.8 Å². The summed E-state index contributed by atoms with van der Waals surface area (Å²) in [5.41, 5.74) is 12.3. The van der Waals surface area contributed by atoms with Crippen LogP contribution in [0, 0.1) is 5.92 Å². The van der Waals surface area contributed by atoms with E-state index in [0.29, 0.717) is 6.42 Å². The number of nitrogens with one attached hydrogen (secondary N) is 1. The van der Waals surface area contributed by atoms with Crippen LogP contribution in [0.25, 0.3) is 0 Å². The SMILES string of the molecule is Cl.NC(=O)C1CCC(NC(=O)[C@@H](N)Cc2ccccc2)CC1. The van der Waals surface area contributed by atoms with Crippen LogP contribution in [0.1, 0.15) is 31.2 Å². The highest BCUT2D eigenvalue weighted by Crippen LogP contribution is 2.23. The van der Waals surface area contributed by atoms with E-state index < -0.39 is 6.04 Å². The summed E-state index contributed by atoms with van der Waals surface area (Å²) in [6, 6.07) is 9.30. The number of benzene rings is 1. The van der Waals surface area contributed by atoms with Crippen LogP contribution in [-0.4, -0.2) is 23.9 Å². The Bertz CT molecular complexity index is 487. The van der Waals surface area contributed by atoms with Gasteiger partial charge in [0, 0.05) is 12.0 Å². The fourth-order valence-corrected chi connectivity index (χ4v) is 2.79. The molecule has 0 aliphatic heterocycles. The molecule has 22 heavy (non-hydrogen) atoms.